The third-order valence-electron chi connectivity index (χ3n) is 5.33. The number of anilines is 2. The smallest absolute Gasteiger partial charge is 0.224 e. The third kappa shape index (κ3) is 4.80. The Bertz CT molecular complexity index is 863. The van der Waals surface area contributed by atoms with E-state index in [0.717, 1.165) is 36.3 Å². The van der Waals surface area contributed by atoms with Crippen molar-refractivity contribution in [2.24, 2.45) is 0 Å². The first kappa shape index (κ1) is 20.1. The fourth-order valence-corrected chi connectivity index (χ4v) is 3.63. The quantitative estimate of drug-likeness (QED) is 0.826. The summed E-state index contributed by atoms with van der Waals surface area (Å²) in [4.78, 5) is 26.1. The van der Waals surface area contributed by atoms with E-state index in [2.05, 4.69) is 50.4 Å². The van der Waals surface area contributed by atoms with Crippen LogP contribution in [0.15, 0.2) is 42.5 Å². The number of fused-ring (bicyclic) bond motifs is 1. The number of rotatable bonds is 4. The van der Waals surface area contributed by atoms with E-state index in [1.807, 2.05) is 18.2 Å². The van der Waals surface area contributed by atoms with Gasteiger partial charge in [-0.15, -0.1) is 0 Å². The molecule has 2 aromatic carbocycles. The van der Waals surface area contributed by atoms with Crippen LogP contribution in [-0.2, 0) is 27.8 Å². The predicted molar refractivity (Wildman–Crippen MR) is 115 cm³/mol. The molecule has 0 radical (unpaired) electrons. The van der Waals surface area contributed by atoms with Crippen LogP contribution in [0.5, 0.6) is 0 Å². The Hall–Kier alpha value is -2.62. The number of hydrogen-bond donors (Lipinski definition) is 1. The second-order valence-electron chi connectivity index (χ2n) is 8.61. The number of benzene rings is 2. The van der Waals surface area contributed by atoms with Crippen molar-refractivity contribution in [3.05, 3.63) is 59.2 Å². The Balaban J connectivity index is 1.61. The highest BCUT2D eigenvalue weighted by Crippen LogP contribution is 2.30. The van der Waals surface area contributed by atoms with Crippen LogP contribution < -0.4 is 10.2 Å². The van der Waals surface area contributed by atoms with Crippen molar-refractivity contribution in [3.63, 3.8) is 0 Å². The molecule has 0 spiro atoms. The maximum absolute atomic E-state index is 12.4. The van der Waals surface area contributed by atoms with E-state index in [-0.39, 0.29) is 17.2 Å². The Labute approximate surface area is 167 Å². The van der Waals surface area contributed by atoms with Gasteiger partial charge in [-0.1, -0.05) is 51.1 Å². The first-order chi connectivity index (χ1) is 13.2. The largest absolute Gasteiger partial charge is 0.326 e. The highest BCUT2D eigenvalue weighted by Gasteiger charge is 2.20. The molecule has 1 aliphatic heterocycles. The summed E-state index contributed by atoms with van der Waals surface area (Å²) in [6.45, 7) is 8.92. The Morgan fingerprint density at radius 3 is 2.43 bits per heavy atom. The van der Waals surface area contributed by atoms with Gasteiger partial charge in [-0.3, -0.25) is 9.59 Å². The molecule has 148 valence electrons. The molecule has 0 fully saturated rings. The lowest BCUT2D eigenvalue weighted by atomic mass is 9.86. The number of carbonyl (C=O) groups is 2. The Kier molecular flexibility index (Phi) is 5.87. The van der Waals surface area contributed by atoms with E-state index < -0.39 is 0 Å². The molecule has 28 heavy (non-hydrogen) atoms. The molecule has 0 unspecified atom stereocenters. The fraction of sp³-hybridized carbons (Fsp3) is 0.417. The number of aryl methyl sites for hydroxylation is 2. The van der Waals surface area contributed by atoms with Gasteiger partial charge < -0.3 is 10.2 Å². The second kappa shape index (κ2) is 8.17. The minimum atomic E-state index is -0.00923. The summed E-state index contributed by atoms with van der Waals surface area (Å²) in [5.41, 5.74) is 5.43. The van der Waals surface area contributed by atoms with E-state index in [4.69, 9.17) is 0 Å². The van der Waals surface area contributed by atoms with Gasteiger partial charge >= 0.3 is 0 Å². The maximum atomic E-state index is 12.4. The van der Waals surface area contributed by atoms with Gasteiger partial charge in [-0.25, -0.2) is 0 Å². The number of amides is 2. The normalized spacial score (nSPS) is 13.8. The number of hydrogen-bond acceptors (Lipinski definition) is 2. The zero-order chi connectivity index (χ0) is 20.3. The monoisotopic (exact) mass is 378 g/mol. The molecule has 2 amide bonds. The van der Waals surface area contributed by atoms with Crippen LogP contribution in [0.25, 0.3) is 0 Å². The average Bonchev–Trinajstić information content (AvgIpc) is 2.65. The fourth-order valence-electron chi connectivity index (χ4n) is 3.63. The summed E-state index contributed by atoms with van der Waals surface area (Å²) in [6.07, 6.45) is 3.09. The Morgan fingerprint density at radius 2 is 1.79 bits per heavy atom. The van der Waals surface area contributed by atoms with E-state index >= 15 is 0 Å². The predicted octanol–water partition coefficient (Wildman–Crippen LogP) is 4.85. The standard InChI is InChI=1S/C24H30N2O2/c1-17(27)26-15-5-6-19-10-13-21(16-22(19)26)25-23(28)14-9-18-7-11-20(12-8-18)24(2,3)4/h7-8,10-13,16H,5-6,9,14-15H2,1-4H3,(H,25,28). The van der Waals surface area contributed by atoms with Crippen molar-refractivity contribution < 1.29 is 9.59 Å². The molecule has 2 aromatic rings. The molecule has 0 aromatic heterocycles. The molecule has 0 saturated carbocycles. The van der Waals surface area contributed by atoms with Crippen LogP contribution in [0.1, 0.15) is 57.2 Å². The summed E-state index contributed by atoms with van der Waals surface area (Å²) in [5, 5.41) is 2.98. The van der Waals surface area contributed by atoms with Gasteiger partial charge in [0, 0.05) is 31.3 Å². The second-order valence-corrected chi connectivity index (χ2v) is 8.61. The first-order valence-electron chi connectivity index (χ1n) is 10.0. The van der Waals surface area contributed by atoms with Gasteiger partial charge in [0.25, 0.3) is 0 Å². The summed E-state index contributed by atoms with van der Waals surface area (Å²) >= 11 is 0. The maximum Gasteiger partial charge on any atom is 0.224 e. The zero-order valence-corrected chi connectivity index (χ0v) is 17.3. The van der Waals surface area contributed by atoms with E-state index in [9.17, 15) is 9.59 Å². The molecule has 0 saturated heterocycles. The van der Waals surface area contributed by atoms with Gasteiger partial charge in [0.2, 0.25) is 11.8 Å². The molecule has 0 aliphatic carbocycles. The third-order valence-corrected chi connectivity index (χ3v) is 5.33. The van der Waals surface area contributed by atoms with E-state index in [1.165, 1.54) is 11.1 Å². The molecule has 0 bridgehead atoms. The number of nitrogens with zero attached hydrogens (tertiary/aromatic N) is 1. The molecule has 3 rings (SSSR count). The van der Waals surface area contributed by atoms with Crippen LogP contribution in [-0.4, -0.2) is 18.4 Å². The summed E-state index contributed by atoms with van der Waals surface area (Å²) < 4.78 is 0. The lowest BCUT2D eigenvalue weighted by Gasteiger charge is -2.29. The van der Waals surface area contributed by atoms with Gasteiger partial charge in [-0.05, 0) is 53.5 Å². The molecule has 1 heterocycles. The van der Waals surface area contributed by atoms with Crippen LogP contribution in [0.4, 0.5) is 11.4 Å². The first-order valence-corrected chi connectivity index (χ1v) is 10.0. The number of carbonyl (C=O) groups excluding carboxylic acids is 2. The molecule has 0 atom stereocenters. The molecular weight excluding hydrogens is 348 g/mol. The molecule has 1 aliphatic rings. The minimum absolute atomic E-state index is 0.00923. The summed E-state index contributed by atoms with van der Waals surface area (Å²) in [7, 11) is 0. The lowest BCUT2D eigenvalue weighted by Crippen LogP contribution is -2.33. The van der Waals surface area contributed by atoms with Gasteiger partial charge in [0.1, 0.15) is 0 Å². The summed E-state index contributed by atoms with van der Waals surface area (Å²) in [5.74, 6) is 0.0353. The SMILES string of the molecule is CC(=O)N1CCCc2ccc(NC(=O)CCc3ccc(C(C)(C)C)cc3)cc21. The molecule has 1 N–H and O–H groups in total. The van der Waals surface area contributed by atoms with Crippen LogP contribution in [0, 0.1) is 0 Å². The van der Waals surface area contributed by atoms with Crippen molar-refractivity contribution in [1.82, 2.24) is 0 Å². The van der Waals surface area contributed by atoms with Crippen LogP contribution in [0.2, 0.25) is 0 Å². The molecular formula is C24H30N2O2. The van der Waals surface area contributed by atoms with Crippen molar-refractivity contribution in [1.29, 1.82) is 0 Å². The van der Waals surface area contributed by atoms with Crippen molar-refractivity contribution in [2.45, 2.75) is 58.8 Å². The van der Waals surface area contributed by atoms with Gasteiger partial charge in [0.05, 0.1) is 0 Å². The van der Waals surface area contributed by atoms with Crippen molar-refractivity contribution in [3.8, 4) is 0 Å². The average molecular weight is 379 g/mol. The van der Waals surface area contributed by atoms with Gasteiger partial charge in [-0.2, -0.15) is 0 Å². The van der Waals surface area contributed by atoms with E-state index in [0.29, 0.717) is 12.8 Å². The highest BCUT2D eigenvalue weighted by atomic mass is 16.2. The van der Waals surface area contributed by atoms with E-state index in [1.54, 1.807) is 11.8 Å². The van der Waals surface area contributed by atoms with Crippen molar-refractivity contribution in [2.75, 3.05) is 16.8 Å². The highest BCUT2D eigenvalue weighted by molar-refractivity contribution is 5.95. The number of nitrogens with one attached hydrogen (secondary N) is 1. The van der Waals surface area contributed by atoms with Gasteiger partial charge in [0.15, 0.2) is 0 Å². The van der Waals surface area contributed by atoms with Crippen LogP contribution >= 0.6 is 0 Å². The minimum Gasteiger partial charge on any atom is -0.326 e. The molecule has 4 heteroatoms. The molecule has 4 nitrogen and oxygen atoms in total. The lowest BCUT2D eigenvalue weighted by molar-refractivity contribution is -0.117. The van der Waals surface area contributed by atoms with Crippen LogP contribution in [0.3, 0.4) is 0 Å². The Morgan fingerprint density at radius 1 is 1.07 bits per heavy atom. The van der Waals surface area contributed by atoms with Crippen molar-refractivity contribution >= 4 is 23.2 Å². The summed E-state index contributed by atoms with van der Waals surface area (Å²) in [6, 6.07) is 14.4. The topological polar surface area (TPSA) is 49.4 Å². The zero-order valence-electron chi connectivity index (χ0n) is 17.3.